The van der Waals surface area contributed by atoms with Gasteiger partial charge in [0.1, 0.15) is 5.01 Å². The highest BCUT2D eigenvalue weighted by molar-refractivity contribution is 8.01. The molecule has 3 rings (SSSR count). The molecule has 0 aliphatic heterocycles. The summed E-state index contributed by atoms with van der Waals surface area (Å²) in [6.07, 6.45) is -1.86. The quantitative estimate of drug-likeness (QED) is 0.416. The molecule has 0 aliphatic rings. The molecular formula is C19H15F3N2O2S3. The van der Waals surface area contributed by atoms with Gasteiger partial charge in [-0.05, 0) is 47.7 Å². The van der Waals surface area contributed by atoms with Gasteiger partial charge in [0.2, 0.25) is 0 Å². The summed E-state index contributed by atoms with van der Waals surface area (Å²) in [6.45, 7) is 0.141. The fraction of sp³-hybridized carbons (Fsp3) is 0.158. The number of carboxylic acid groups (broad SMARTS) is 1. The number of rotatable bonds is 6. The van der Waals surface area contributed by atoms with Crippen molar-refractivity contribution in [2.45, 2.75) is 26.7 Å². The van der Waals surface area contributed by atoms with Crippen molar-refractivity contribution in [2.75, 3.05) is 6.26 Å². The maximum Gasteiger partial charge on any atom is 0.416 e. The molecule has 0 bridgehead atoms. The molecule has 0 spiro atoms. The van der Waals surface area contributed by atoms with E-state index in [2.05, 4.69) is 10.3 Å². The Kier molecular flexibility index (Phi) is 6.76. The lowest BCUT2D eigenvalue weighted by molar-refractivity contribution is -0.137. The lowest BCUT2D eigenvalue weighted by Crippen LogP contribution is -2.19. The Hall–Kier alpha value is -2.17. The first-order valence-corrected chi connectivity index (χ1v) is 11.1. The minimum Gasteiger partial charge on any atom is -0.465 e. The lowest BCUT2D eigenvalue weighted by Gasteiger charge is -2.10. The summed E-state index contributed by atoms with van der Waals surface area (Å²) in [4.78, 5) is 16.7. The van der Waals surface area contributed by atoms with Gasteiger partial charge in [0.15, 0.2) is 0 Å². The fourth-order valence-electron chi connectivity index (χ4n) is 2.46. The molecule has 3 aromatic rings. The SMILES string of the molecule is CSc1cc(Sc2cnc(CNC(=O)O)s2)cc(-c2ccc(C(F)(F)F)cc2)c1. The maximum atomic E-state index is 12.8. The number of amides is 1. The molecular weight excluding hydrogens is 441 g/mol. The Bertz CT molecular complexity index is 1000. The number of hydrogen-bond acceptors (Lipinski definition) is 5. The van der Waals surface area contributed by atoms with Crippen molar-refractivity contribution in [2.24, 2.45) is 0 Å². The number of alkyl halides is 3. The average Bonchev–Trinajstić information content (AvgIpc) is 3.13. The summed E-state index contributed by atoms with van der Waals surface area (Å²) in [5.74, 6) is 0. The summed E-state index contributed by atoms with van der Waals surface area (Å²) < 4.78 is 39.3. The van der Waals surface area contributed by atoms with Crippen molar-refractivity contribution in [1.29, 1.82) is 0 Å². The van der Waals surface area contributed by atoms with E-state index in [1.165, 1.54) is 35.2 Å². The lowest BCUT2D eigenvalue weighted by atomic mass is 10.0. The van der Waals surface area contributed by atoms with Gasteiger partial charge < -0.3 is 10.4 Å². The Morgan fingerprint density at radius 2 is 1.83 bits per heavy atom. The highest BCUT2D eigenvalue weighted by atomic mass is 32.2. The van der Waals surface area contributed by atoms with Gasteiger partial charge in [-0.1, -0.05) is 23.9 Å². The summed E-state index contributed by atoms with van der Waals surface area (Å²) in [6, 6.07) is 11.0. The second-order valence-electron chi connectivity index (χ2n) is 5.81. The van der Waals surface area contributed by atoms with Gasteiger partial charge in [0, 0.05) is 9.79 Å². The van der Waals surface area contributed by atoms with Crippen LogP contribution in [0.2, 0.25) is 0 Å². The molecule has 0 aliphatic carbocycles. The number of benzene rings is 2. The van der Waals surface area contributed by atoms with E-state index in [1.807, 2.05) is 24.5 Å². The summed E-state index contributed by atoms with van der Waals surface area (Å²) >= 11 is 4.41. The molecule has 0 saturated carbocycles. The summed E-state index contributed by atoms with van der Waals surface area (Å²) in [7, 11) is 0. The fourth-order valence-corrected chi connectivity index (χ4v) is 5.06. The smallest absolute Gasteiger partial charge is 0.416 e. The number of nitrogens with one attached hydrogen (secondary N) is 1. The molecule has 0 atom stereocenters. The highest BCUT2D eigenvalue weighted by Crippen LogP contribution is 2.37. The van der Waals surface area contributed by atoms with Gasteiger partial charge in [-0.15, -0.1) is 23.1 Å². The summed E-state index contributed by atoms with van der Waals surface area (Å²) in [5.41, 5.74) is 0.848. The van der Waals surface area contributed by atoms with E-state index >= 15 is 0 Å². The maximum absolute atomic E-state index is 12.8. The minimum absolute atomic E-state index is 0.141. The predicted octanol–water partition coefficient (Wildman–Crippen LogP) is 6.47. The van der Waals surface area contributed by atoms with Gasteiger partial charge in [-0.3, -0.25) is 0 Å². The van der Waals surface area contributed by atoms with Crippen molar-refractivity contribution in [3.8, 4) is 11.1 Å². The Labute approximate surface area is 177 Å². The third-order valence-electron chi connectivity index (χ3n) is 3.80. The van der Waals surface area contributed by atoms with Gasteiger partial charge in [-0.2, -0.15) is 13.2 Å². The zero-order valence-electron chi connectivity index (χ0n) is 15.0. The van der Waals surface area contributed by atoms with Gasteiger partial charge in [0.05, 0.1) is 22.5 Å². The Morgan fingerprint density at radius 3 is 2.45 bits per heavy atom. The summed E-state index contributed by atoms with van der Waals surface area (Å²) in [5, 5.41) is 11.6. The van der Waals surface area contributed by atoms with Crippen molar-refractivity contribution in [3.63, 3.8) is 0 Å². The van der Waals surface area contributed by atoms with E-state index < -0.39 is 17.8 Å². The average molecular weight is 457 g/mol. The third kappa shape index (κ3) is 5.91. The van der Waals surface area contributed by atoms with Crippen LogP contribution in [0.1, 0.15) is 10.6 Å². The molecule has 0 unspecified atom stereocenters. The van der Waals surface area contributed by atoms with Crippen LogP contribution in [-0.4, -0.2) is 22.4 Å². The highest BCUT2D eigenvalue weighted by Gasteiger charge is 2.30. The van der Waals surface area contributed by atoms with Crippen molar-refractivity contribution in [1.82, 2.24) is 10.3 Å². The van der Waals surface area contributed by atoms with Gasteiger partial charge in [-0.25, -0.2) is 9.78 Å². The topological polar surface area (TPSA) is 62.2 Å². The molecule has 0 saturated heterocycles. The van der Waals surface area contributed by atoms with Crippen LogP contribution in [0.25, 0.3) is 11.1 Å². The molecule has 1 aromatic heterocycles. The molecule has 2 N–H and O–H groups in total. The molecule has 1 heterocycles. The molecule has 1 amide bonds. The zero-order valence-corrected chi connectivity index (χ0v) is 17.4. The van der Waals surface area contributed by atoms with Crippen LogP contribution in [0, 0.1) is 0 Å². The second-order valence-corrected chi connectivity index (χ2v) is 9.17. The molecule has 152 valence electrons. The largest absolute Gasteiger partial charge is 0.465 e. The normalized spacial score (nSPS) is 11.4. The minimum atomic E-state index is -4.36. The van der Waals surface area contributed by atoms with Crippen molar-refractivity contribution < 1.29 is 23.1 Å². The molecule has 4 nitrogen and oxygen atoms in total. The number of thiazole rings is 1. The first-order chi connectivity index (χ1) is 13.7. The van der Waals surface area contributed by atoms with Crippen molar-refractivity contribution >= 4 is 41.0 Å². The molecule has 0 fully saturated rings. The van der Waals surface area contributed by atoms with Gasteiger partial charge >= 0.3 is 12.3 Å². The van der Waals surface area contributed by atoms with Crippen LogP contribution in [0.3, 0.4) is 0 Å². The number of hydrogen-bond donors (Lipinski definition) is 2. The number of carbonyl (C=O) groups is 1. The van der Waals surface area contributed by atoms with Crippen LogP contribution in [0.5, 0.6) is 0 Å². The first-order valence-electron chi connectivity index (χ1n) is 8.20. The number of halogens is 3. The Morgan fingerprint density at radius 1 is 1.14 bits per heavy atom. The molecule has 29 heavy (non-hydrogen) atoms. The zero-order chi connectivity index (χ0) is 21.0. The Balaban J connectivity index is 1.83. The number of nitrogens with zero attached hydrogens (tertiary/aromatic N) is 1. The molecule has 0 radical (unpaired) electrons. The van der Waals surface area contributed by atoms with E-state index in [1.54, 1.807) is 18.0 Å². The molecule has 2 aromatic carbocycles. The van der Waals surface area contributed by atoms with Gasteiger partial charge in [0.25, 0.3) is 0 Å². The monoisotopic (exact) mass is 456 g/mol. The van der Waals surface area contributed by atoms with E-state index in [-0.39, 0.29) is 6.54 Å². The van der Waals surface area contributed by atoms with E-state index in [9.17, 15) is 18.0 Å². The van der Waals surface area contributed by atoms with Crippen molar-refractivity contribution in [3.05, 3.63) is 59.2 Å². The van der Waals surface area contributed by atoms with Crippen LogP contribution < -0.4 is 5.32 Å². The van der Waals surface area contributed by atoms with Crippen LogP contribution in [0.4, 0.5) is 18.0 Å². The van der Waals surface area contributed by atoms with E-state index in [0.717, 1.165) is 31.7 Å². The number of aromatic nitrogens is 1. The molecule has 10 heteroatoms. The van der Waals surface area contributed by atoms with E-state index in [4.69, 9.17) is 5.11 Å². The second kappa shape index (κ2) is 9.10. The third-order valence-corrected chi connectivity index (χ3v) is 6.58. The van der Waals surface area contributed by atoms with E-state index in [0.29, 0.717) is 10.6 Å². The van der Waals surface area contributed by atoms with Crippen LogP contribution in [-0.2, 0) is 12.7 Å². The standard InChI is InChI=1S/C19H15F3N2O2S3/c1-27-14-6-12(11-2-4-13(5-3-11)19(20,21)22)7-15(8-14)28-17-10-23-16(29-17)9-24-18(25)26/h2-8,10,24H,9H2,1H3,(H,25,26). The van der Waals surface area contributed by atoms with Crippen LogP contribution >= 0.6 is 34.9 Å². The van der Waals surface area contributed by atoms with Crippen LogP contribution in [0.15, 0.2) is 62.7 Å². The number of thioether (sulfide) groups is 1. The predicted molar refractivity (Wildman–Crippen MR) is 110 cm³/mol. The first kappa shape index (κ1) is 21.5.